The molecule has 2 heterocycles. The van der Waals surface area contributed by atoms with Crippen molar-refractivity contribution in [2.45, 2.75) is 12.8 Å². The van der Waals surface area contributed by atoms with Gasteiger partial charge >= 0.3 is 0 Å². The first-order valence-corrected chi connectivity index (χ1v) is 6.78. The topological polar surface area (TPSA) is 34.1 Å². The first-order valence-electron chi connectivity index (χ1n) is 6.40. The Kier molecular flexibility index (Phi) is 3.27. The molecule has 3 rings (SSSR count). The van der Waals surface area contributed by atoms with Gasteiger partial charge in [-0.1, -0.05) is 17.7 Å². The van der Waals surface area contributed by atoms with Crippen LogP contribution < -0.4 is 10.1 Å². The van der Waals surface area contributed by atoms with Crippen LogP contribution in [0.4, 0.5) is 0 Å². The van der Waals surface area contributed by atoms with Crippen molar-refractivity contribution in [2.75, 3.05) is 20.2 Å². The molecule has 1 aliphatic heterocycles. The highest BCUT2D eigenvalue weighted by Crippen LogP contribution is 2.39. The van der Waals surface area contributed by atoms with Gasteiger partial charge in [-0.3, -0.25) is 0 Å². The van der Waals surface area contributed by atoms with Crippen LogP contribution in [-0.2, 0) is 0 Å². The zero-order valence-corrected chi connectivity index (χ0v) is 11.2. The Labute approximate surface area is 112 Å². The lowest BCUT2D eigenvalue weighted by Crippen LogP contribution is -2.18. The molecule has 0 radical (unpaired) electrons. The van der Waals surface area contributed by atoms with Crippen molar-refractivity contribution in [1.82, 2.24) is 10.3 Å². The van der Waals surface area contributed by atoms with Crippen molar-refractivity contribution in [1.29, 1.82) is 0 Å². The number of rotatable bonds is 2. The largest absolute Gasteiger partial charge is 0.494 e. The molecule has 4 heteroatoms. The molecule has 1 saturated heterocycles. The number of nitrogens with one attached hydrogen (secondary N) is 1. The van der Waals surface area contributed by atoms with Crippen molar-refractivity contribution in [3.05, 3.63) is 29.1 Å². The summed E-state index contributed by atoms with van der Waals surface area (Å²) in [6, 6.07) is 2.00. The monoisotopic (exact) mass is 264 g/mol. The predicted molar refractivity (Wildman–Crippen MR) is 72.9 cm³/mol. The third-order valence-electron chi connectivity index (χ3n) is 4.00. The maximum Gasteiger partial charge on any atom is 0.171 e. The SMILES string of the molecule is COc1cc(C2=CCC[C@@H]3CNC[C@H]23)cnc1Cl. The lowest BCUT2D eigenvalue weighted by molar-refractivity contribution is 0.412. The van der Waals surface area contributed by atoms with Crippen molar-refractivity contribution in [3.63, 3.8) is 0 Å². The fourth-order valence-corrected chi connectivity index (χ4v) is 3.25. The highest BCUT2D eigenvalue weighted by atomic mass is 35.5. The summed E-state index contributed by atoms with van der Waals surface area (Å²) in [6.45, 7) is 2.21. The molecular weight excluding hydrogens is 248 g/mol. The molecule has 18 heavy (non-hydrogen) atoms. The van der Waals surface area contributed by atoms with E-state index in [1.807, 2.05) is 12.3 Å². The van der Waals surface area contributed by atoms with E-state index in [0.717, 1.165) is 31.0 Å². The van der Waals surface area contributed by atoms with Crippen molar-refractivity contribution in [2.24, 2.45) is 11.8 Å². The van der Waals surface area contributed by atoms with Crippen LogP contribution in [0.5, 0.6) is 5.75 Å². The highest BCUT2D eigenvalue weighted by molar-refractivity contribution is 6.30. The predicted octanol–water partition coefficient (Wildman–Crippen LogP) is 2.76. The van der Waals surface area contributed by atoms with Crippen LogP contribution in [0.2, 0.25) is 5.15 Å². The fraction of sp³-hybridized carbons (Fsp3) is 0.500. The maximum absolute atomic E-state index is 5.98. The van der Waals surface area contributed by atoms with E-state index in [-0.39, 0.29) is 0 Å². The minimum absolute atomic E-state index is 0.429. The van der Waals surface area contributed by atoms with E-state index in [9.17, 15) is 0 Å². The van der Waals surface area contributed by atoms with Crippen LogP contribution >= 0.6 is 11.6 Å². The molecule has 2 atom stereocenters. The Bertz CT molecular complexity index is 487. The van der Waals surface area contributed by atoms with Crippen LogP contribution in [0.3, 0.4) is 0 Å². The quantitative estimate of drug-likeness (QED) is 0.834. The average Bonchev–Trinajstić information content (AvgIpc) is 2.87. The van der Waals surface area contributed by atoms with E-state index in [1.54, 1.807) is 7.11 Å². The van der Waals surface area contributed by atoms with Crippen LogP contribution in [0, 0.1) is 11.8 Å². The molecule has 0 bridgehead atoms. The number of aromatic nitrogens is 1. The molecule has 1 aromatic rings. The number of fused-ring (bicyclic) bond motifs is 1. The standard InChI is InChI=1S/C14H17ClN2O/c1-18-13-5-10(7-17-14(13)15)11-4-2-3-9-6-16-8-12(9)11/h4-5,7,9,12,16H,2-3,6,8H2,1H3/t9-,12+/m1/s1. The second-order valence-corrected chi connectivity index (χ2v) is 5.34. The molecule has 96 valence electrons. The number of halogens is 1. The molecule has 1 aliphatic carbocycles. The van der Waals surface area contributed by atoms with Gasteiger partial charge in [-0.2, -0.15) is 0 Å². The van der Waals surface area contributed by atoms with Crippen LogP contribution in [0.25, 0.3) is 5.57 Å². The number of hydrogen-bond donors (Lipinski definition) is 1. The van der Waals surface area contributed by atoms with Gasteiger partial charge in [0.05, 0.1) is 7.11 Å². The van der Waals surface area contributed by atoms with Gasteiger partial charge in [-0.15, -0.1) is 0 Å². The average molecular weight is 265 g/mol. The molecule has 0 spiro atoms. The minimum atomic E-state index is 0.429. The van der Waals surface area contributed by atoms with Crippen LogP contribution in [0.1, 0.15) is 18.4 Å². The second kappa shape index (κ2) is 4.90. The zero-order chi connectivity index (χ0) is 12.5. The van der Waals surface area contributed by atoms with Gasteiger partial charge < -0.3 is 10.1 Å². The van der Waals surface area contributed by atoms with Gasteiger partial charge in [-0.05, 0) is 42.5 Å². The zero-order valence-electron chi connectivity index (χ0n) is 10.4. The first kappa shape index (κ1) is 12.0. The molecule has 1 N–H and O–H groups in total. The number of nitrogens with zero attached hydrogens (tertiary/aromatic N) is 1. The number of ether oxygens (including phenoxy) is 1. The third-order valence-corrected chi connectivity index (χ3v) is 4.28. The number of methoxy groups -OCH3 is 1. The first-order chi connectivity index (χ1) is 8.79. The van der Waals surface area contributed by atoms with Crippen molar-refractivity contribution >= 4 is 17.2 Å². The van der Waals surface area contributed by atoms with Gasteiger partial charge in [0, 0.05) is 18.7 Å². The Hall–Kier alpha value is -1.06. The molecule has 2 aliphatic rings. The molecule has 1 fully saturated rings. The number of pyridine rings is 1. The summed E-state index contributed by atoms with van der Waals surface area (Å²) in [7, 11) is 1.63. The summed E-state index contributed by atoms with van der Waals surface area (Å²) in [6.07, 6.45) is 6.65. The third kappa shape index (κ3) is 2.02. The molecule has 0 amide bonds. The molecule has 0 aromatic carbocycles. The Balaban J connectivity index is 1.96. The van der Waals surface area contributed by atoms with Crippen LogP contribution in [-0.4, -0.2) is 25.2 Å². The molecule has 3 nitrogen and oxygen atoms in total. The molecule has 0 saturated carbocycles. The fourth-order valence-electron chi connectivity index (χ4n) is 3.07. The Morgan fingerprint density at radius 1 is 1.44 bits per heavy atom. The van der Waals surface area contributed by atoms with Gasteiger partial charge in [0.2, 0.25) is 0 Å². The van der Waals surface area contributed by atoms with E-state index in [4.69, 9.17) is 16.3 Å². The Morgan fingerprint density at radius 3 is 3.17 bits per heavy atom. The number of hydrogen-bond acceptors (Lipinski definition) is 3. The van der Waals surface area contributed by atoms with Gasteiger partial charge in [0.1, 0.15) is 0 Å². The highest BCUT2D eigenvalue weighted by Gasteiger charge is 2.32. The lowest BCUT2D eigenvalue weighted by Gasteiger charge is -2.26. The summed E-state index contributed by atoms with van der Waals surface area (Å²) in [4.78, 5) is 4.22. The van der Waals surface area contributed by atoms with Gasteiger partial charge in [0.25, 0.3) is 0 Å². The van der Waals surface area contributed by atoms with Crippen molar-refractivity contribution < 1.29 is 4.74 Å². The van der Waals surface area contributed by atoms with E-state index in [2.05, 4.69) is 16.4 Å². The van der Waals surface area contributed by atoms with E-state index >= 15 is 0 Å². The number of allylic oxidation sites excluding steroid dienone is 1. The van der Waals surface area contributed by atoms with Gasteiger partial charge in [0.15, 0.2) is 10.9 Å². The summed E-state index contributed by atoms with van der Waals surface area (Å²) in [5.41, 5.74) is 2.55. The van der Waals surface area contributed by atoms with Gasteiger partial charge in [-0.25, -0.2) is 4.98 Å². The van der Waals surface area contributed by atoms with Crippen molar-refractivity contribution in [3.8, 4) is 5.75 Å². The smallest absolute Gasteiger partial charge is 0.171 e. The summed E-state index contributed by atoms with van der Waals surface area (Å²) in [5, 5.41) is 3.91. The van der Waals surface area contributed by atoms with Crippen LogP contribution in [0.15, 0.2) is 18.3 Å². The lowest BCUT2D eigenvalue weighted by atomic mass is 9.78. The molecular formula is C14H17ClN2O. The van der Waals surface area contributed by atoms with E-state index in [0.29, 0.717) is 16.8 Å². The maximum atomic E-state index is 5.98. The minimum Gasteiger partial charge on any atom is -0.494 e. The van der Waals surface area contributed by atoms with E-state index in [1.165, 1.54) is 12.0 Å². The summed E-state index contributed by atoms with van der Waals surface area (Å²) < 4.78 is 5.25. The Morgan fingerprint density at radius 2 is 2.33 bits per heavy atom. The molecule has 1 aromatic heterocycles. The van der Waals surface area contributed by atoms with E-state index < -0.39 is 0 Å². The summed E-state index contributed by atoms with van der Waals surface area (Å²) in [5.74, 6) is 2.04. The second-order valence-electron chi connectivity index (χ2n) is 4.98. The normalized spacial score (nSPS) is 26.7. The summed E-state index contributed by atoms with van der Waals surface area (Å²) >= 11 is 5.98. The molecule has 0 unspecified atom stereocenters.